The zero-order valence-corrected chi connectivity index (χ0v) is 4.56. The fourth-order valence-electron chi connectivity index (χ4n) is 0.512. The van der Waals surface area contributed by atoms with Crippen LogP contribution < -0.4 is 15.6 Å². The summed E-state index contributed by atoms with van der Waals surface area (Å²) in [5.41, 5.74) is 0. The molecule has 8 heavy (non-hydrogen) atoms. The fourth-order valence-corrected chi connectivity index (χ4v) is 0.512. The highest BCUT2D eigenvalue weighted by atomic mass is 16.2. The second kappa shape index (κ2) is 1.81. The first-order valence-electron chi connectivity index (χ1n) is 2.44. The Bertz CT molecular complexity index is 131. The summed E-state index contributed by atoms with van der Waals surface area (Å²) in [6.45, 7) is 1.86. The van der Waals surface area contributed by atoms with Gasteiger partial charge in [0.1, 0.15) is 0 Å². The van der Waals surface area contributed by atoms with Gasteiger partial charge in [0.2, 0.25) is 6.34 Å². The molecule has 2 amide bonds. The summed E-state index contributed by atoms with van der Waals surface area (Å²) in [5, 5.41) is 5.01. The minimum atomic E-state index is -0.156. The average molecular weight is 114 g/mol. The molecule has 0 radical (unpaired) electrons. The maximum atomic E-state index is 10.4. The molecule has 0 aromatic heterocycles. The third-order valence-corrected chi connectivity index (χ3v) is 0.884. The number of amides is 2. The molecule has 44 valence electrons. The Morgan fingerprint density at radius 3 is 3.00 bits per heavy atom. The number of hydrogen-bond acceptors (Lipinski definition) is 1. The molecular weight excluding hydrogens is 106 g/mol. The summed E-state index contributed by atoms with van der Waals surface area (Å²) < 4.78 is 0. The van der Waals surface area contributed by atoms with Crippen LogP contribution in [-0.4, -0.2) is 18.5 Å². The van der Waals surface area contributed by atoms with Gasteiger partial charge in [0, 0.05) is 0 Å². The molecule has 4 heteroatoms. The topological polar surface area (TPSA) is 55.1 Å². The van der Waals surface area contributed by atoms with Crippen molar-refractivity contribution in [2.24, 2.45) is 0 Å². The molecule has 3 N–H and O–H groups in total. The Balaban J connectivity index is 2.54. The summed E-state index contributed by atoms with van der Waals surface area (Å²) >= 11 is 0. The molecule has 1 aliphatic rings. The van der Waals surface area contributed by atoms with E-state index in [4.69, 9.17) is 0 Å². The molecule has 0 saturated heterocycles. The van der Waals surface area contributed by atoms with E-state index in [2.05, 4.69) is 15.6 Å². The predicted octanol–water partition coefficient (Wildman–Crippen LogP) is -2.25. The van der Waals surface area contributed by atoms with Crippen molar-refractivity contribution in [1.82, 2.24) is 10.6 Å². The molecule has 1 heterocycles. The van der Waals surface area contributed by atoms with E-state index in [-0.39, 0.29) is 12.2 Å². The summed E-state index contributed by atoms with van der Waals surface area (Å²) in [7, 11) is 0. The molecule has 0 aromatic carbocycles. The number of carbonyl (C=O) groups is 1. The molecule has 0 aliphatic carbocycles. The molecule has 1 atom stereocenters. The Kier molecular flexibility index (Phi) is 1.15. The molecule has 0 saturated carbocycles. The van der Waals surface area contributed by atoms with Gasteiger partial charge in [0.15, 0.2) is 6.17 Å². The van der Waals surface area contributed by atoms with Crippen LogP contribution in [0, 0.1) is 0 Å². The molecule has 1 rings (SSSR count). The van der Waals surface area contributed by atoms with E-state index in [1.54, 1.807) is 0 Å². The minimum Gasteiger partial charge on any atom is -0.279 e. The van der Waals surface area contributed by atoms with Gasteiger partial charge in [-0.3, -0.25) is 10.3 Å². The molecule has 0 spiro atoms. The van der Waals surface area contributed by atoms with Crippen LogP contribution in [0.3, 0.4) is 0 Å². The zero-order valence-electron chi connectivity index (χ0n) is 4.56. The largest absolute Gasteiger partial charge is 0.409 e. The Hall–Kier alpha value is -1.06. The number of rotatable bonds is 0. The maximum absolute atomic E-state index is 10.4. The minimum absolute atomic E-state index is 0.0451. The number of hydrogen-bond donors (Lipinski definition) is 3. The predicted molar refractivity (Wildman–Crippen MR) is 28.2 cm³/mol. The van der Waals surface area contributed by atoms with E-state index in [0.29, 0.717) is 0 Å². The lowest BCUT2D eigenvalue weighted by atomic mass is 10.5. The molecule has 0 fully saturated rings. The molecule has 1 aliphatic heterocycles. The Morgan fingerprint density at radius 2 is 2.62 bits per heavy atom. The lowest BCUT2D eigenvalue weighted by Gasteiger charge is -2.07. The van der Waals surface area contributed by atoms with E-state index in [0.717, 1.165) is 0 Å². The van der Waals surface area contributed by atoms with Crippen molar-refractivity contribution in [3.05, 3.63) is 0 Å². The first-order valence-corrected chi connectivity index (χ1v) is 2.44. The van der Waals surface area contributed by atoms with Crippen molar-refractivity contribution in [2.75, 3.05) is 0 Å². The van der Waals surface area contributed by atoms with Gasteiger partial charge in [-0.15, -0.1) is 0 Å². The SMILES string of the molecule is CC1NC(=O)NC=[NH+]1. The van der Waals surface area contributed by atoms with Crippen LogP contribution >= 0.6 is 0 Å². The van der Waals surface area contributed by atoms with Gasteiger partial charge in [-0.1, -0.05) is 0 Å². The van der Waals surface area contributed by atoms with E-state index in [1.165, 1.54) is 6.34 Å². The lowest BCUT2D eigenvalue weighted by molar-refractivity contribution is -0.502. The van der Waals surface area contributed by atoms with Gasteiger partial charge in [0.25, 0.3) is 0 Å². The van der Waals surface area contributed by atoms with Crippen LogP contribution in [0.4, 0.5) is 4.79 Å². The van der Waals surface area contributed by atoms with Crippen molar-refractivity contribution < 1.29 is 9.79 Å². The van der Waals surface area contributed by atoms with Crippen molar-refractivity contribution in [3.63, 3.8) is 0 Å². The van der Waals surface area contributed by atoms with Crippen LogP contribution in [0.25, 0.3) is 0 Å². The normalized spacial score (nSPS) is 26.6. The van der Waals surface area contributed by atoms with Crippen LogP contribution in [0.15, 0.2) is 0 Å². The molecule has 1 unspecified atom stereocenters. The number of nitrogens with one attached hydrogen (secondary N) is 3. The molecule has 4 nitrogen and oxygen atoms in total. The lowest BCUT2D eigenvalue weighted by Crippen LogP contribution is -2.86. The highest BCUT2D eigenvalue weighted by molar-refractivity contribution is 5.85. The van der Waals surface area contributed by atoms with Gasteiger partial charge < -0.3 is 0 Å². The Labute approximate surface area is 47.0 Å². The van der Waals surface area contributed by atoms with Gasteiger partial charge in [-0.2, -0.15) is 5.32 Å². The van der Waals surface area contributed by atoms with Gasteiger partial charge in [0.05, 0.1) is 0 Å². The summed E-state index contributed by atoms with van der Waals surface area (Å²) in [4.78, 5) is 13.2. The van der Waals surface area contributed by atoms with E-state index < -0.39 is 0 Å². The smallest absolute Gasteiger partial charge is 0.279 e. The van der Waals surface area contributed by atoms with Crippen LogP contribution in [-0.2, 0) is 0 Å². The average Bonchev–Trinajstić information content (AvgIpc) is 1.64. The van der Waals surface area contributed by atoms with Crippen LogP contribution in [0.2, 0.25) is 0 Å². The number of urea groups is 1. The Morgan fingerprint density at radius 1 is 1.88 bits per heavy atom. The van der Waals surface area contributed by atoms with E-state index in [9.17, 15) is 4.79 Å². The third kappa shape index (κ3) is 0.959. The molecule has 0 bridgehead atoms. The van der Waals surface area contributed by atoms with Crippen molar-refractivity contribution in [2.45, 2.75) is 13.1 Å². The zero-order chi connectivity index (χ0) is 5.98. The standard InChI is InChI=1S/C4H7N3O/c1-3-5-2-6-4(8)7-3/h2-3H,1H3,(H2,5,6,7,8)/p+1. The van der Waals surface area contributed by atoms with Crippen LogP contribution in [0.1, 0.15) is 6.92 Å². The van der Waals surface area contributed by atoms with Crippen molar-refractivity contribution >= 4 is 12.4 Å². The monoisotopic (exact) mass is 114 g/mol. The summed E-state index contributed by atoms with van der Waals surface area (Å²) in [5.74, 6) is 0. The maximum Gasteiger partial charge on any atom is 0.409 e. The molecule has 0 aromatic rings. The highest BCUT2D eigenvalue weighted by Gasteiger charge is 2.12. The summed E-state index contributed by atoms with van der Waals surface area (Å²) in [6.07, 6.45) is 1.56. The summed E-state index contributed by atoms with van der Waals surface area (Å²) in [6, 6.07) is -0.156. The fraction of sp³-hybridized carbons (Fsp3) is 0.500. The van der Waals surface area contributed by atoms with Crippen molar-refractivity contribution in [1.29, 1.82) is 0 Å². The second-order valence-corrected chi connectivity index (χ2v) is 1.65. The highest BCUT2D eigenvalue weighted by Crippen LogP contribution is 1.65. The van der Waals surface area contributed by atoms with Gasteiger partial charge >= 0.3 is 6.03 Å². The molecular formula is C4H8N3O+. The van der Waals surface area contributed by atoms with E-state index in [1.807, 2.05) is 6.92 Å². The van der Waals surface area contributed by atoms with Crippen LogP contribution in [0.5, 0.6) is 0 Å². The first-order chi connectivity index (χ1) is 3.79. The number of carbonyl (C=O) groups excluding carboxylic acids is 1. The van der Waals surface area contributed by atoms with Gasteiger partial charge in [-0.25, -0.2) is 4.79 Å². The quantitative estimate of drug-likeness (QED) is 0.327. The third-order valence-electron chi connectivity index (χ3n) is 0.884. The van der Waals surface area contributed by atoms with Gasteiger partial charge in [-0.05, 0) is 6.92 Å². The van der Waals surface area contributed by atoms with E-state index >= 15 is 0 Å². The second-order valence-electron chi connectivity index (χ2n) is 1.65. The first kappa shape index (κ1) is 5.08. The van der Waals surface area contributed by atoms with Crippen molar-refractivity contribution in [3.8, 4) is 0 Å².